The summed E-state index contributed by atoms with van der Waals surface area (Å²) in [5, 5.41) is 1.27. The average Bonchev–Trinajstić information content (AvgIpc) is 2.64. The third-order valence-corrected chi connectivity index (χ3v) is 2.88. The zero-order valence-corrected chi connectivity index (χ0v) is 8.86. The maximum Gasteiger partial charge on any atom is 0.110 e. The minimum Gasteiger partial charge on any atom is -0.298 e. The van der Waals surface area contributed by atoms with Crippen LogP contribution in [0, 0.1) is 13.8 Å². The van der Waals surface area contributed by atoms with Crippen LogP contribution >= 0.6 is 0 Å². The van der Waals surface area contributed by atoms with Crippen LogP contribution in [0.1, 0.15) is 11.4 Å². The maximum atomic E-state index is 4.39. The van der Waals surface area contributed by atoms with E-state index in [4.69, 9.17) is 0 Å². The number of aryl methyl sites for hydroxylation is 2. The first kappa shape index (κ1) is 8.48. The molecule has 0 aliphatic rings. The number of para-hydroxylation sites is 1. The topological polar surface area (TPSA) is 17.3 Å². The number of rotatable bonds is 0. The van der Waals surface area contributed by atoms with E-state index in [0.717, 1.165) is 5.82 Å². The highest BCUT2D eigenvalue weighted by Crippen LogP contribution is 2.22. The van der Waals surface area contributed by atoms with Crippen molar-refractivity contribution < 1.29 is 0 Å². The zero-order chi connectivity index (χ0) is 10.4. The van der Waals surface area contributed by atoms with Crippen molar-refractivity contribution in [1.29, 1.82) is 0 Å². The summed E-state index contributed by atoms with van der Waals surface area (Å²) < 4.78 is 2.21. The number of benzene rings is 1. The SMILES string of the molecule is Cc1cnc(C)n2c1cc1ccccc12. The Morgan fingerprint density at radius 1 is 1.07 bits per heavy atom. The predicted octanol–water partition coefficient (Wildman–Crippen LogP) is 3.10. The molecule has 2 aromatic heterocycles. The van der Waals surface area contributed by atoms with Crippen molar-refractivity contribution >= 4 is 16.4 Å². The molecule has 2 heterocycles. The second kappa shape index (κ2) is 2.83. The Morgan fingerprint density at radius 2 is 1.87 bits per heavy atom. The van der Waals surface area contributed by atoms with Crippen LogP contribution in [0.25, 0.3) is 16.4 Å². The largest absolute Gasteiger partial charge is 0.298 e. The van der Waals surface area contributed by atoms with Gasteiger partial charge in [-0.2, -0.15) is 0 Å². The summed E-state index contributed by atoms with van der Waals surface area (Å²) in [7, 11) is 0. The number of fused-ring (bicyclic) bond motifs is 3. The van der Waals surface area contributed by atoms with E-state index in [2.05, 4.69) is 46.6 Å². The van der Waals surface area contributed by atoms with Gasteiger partial charge < -0.3 is 0 Å². The molecule has 0 spiro atoms. The standard InChI is InChI=1S/C13H12N2/c1-9-8-14-10(2)15-12-6-4-3-5-11(12)7-13(9)15/h3-8H,1-2H3. The highest BCUT2D eigenvalue weighted by atomic mass is 15.0. The minimum atomic E-state index is 1.04. The van der Waals surface area contributed by atoms with Crippen LogP contribution in [0.15, 0.2) is 36.5 Å². The van der Waals surface area contributed by atoms with Gasteiger partial charge in [0.2, 0.25) is 0 Å². The molecule has 0 atom stereocenters. The van der Waals surface area contributed by atoms with Gasteiger partial charge in [0.1, 0.15) is 5.82 Å². The lowest BCUT2D eigenvalue weighted by atomic mass is 10.2. The summed E-state index contributed by atoms with van der Waals surface area (Å²) in [6.07, 6.45) is 1.93. The quantitative estimate of drug-likeness (QED) is 0.540. The Labute approximate surface area is 88.2 Å². The third-order valence-electron chi connectivity index (χ3n) is 2.88. The van der Waals surface area contributed by atoms with Crippen LogP contribution in [0.3, 0.4) is 0 Å². The van der Waals surface area contributed by atoms with Crippen LogP contribution in [-0.2, 0) is 0 Å². The van der Waals surface area contributed by atoms with Crippen LogP contribution in [0.4, 0.5) is 0 Å². The highest BCUT2D eigenvalue weighted by Gasteiger charge is 2.06. The molecule has 1 aromatic carbocycles. The van der Waals surface area contributed by atoms with Gasteiger partial charge in [-0.3, -0.25) is 4.40 Å². The van der Waals surface area contributed by atoms with Crippen molar-refractivity contribution in [1.82, 2.24) is 9.38 Å². The summed E-state index contributed by atoms with van der Waals surface area (Å²) in [4.78, 5) is 4.39. The molecule has 0 radical (unpaired) electrons. The van der Waals surface area contributed by atoms with Crippen molar-refractivity contribution in [2.45, 2.75) is 13.8 Å². The first-order valence-electron chi connectivity index (χ1n) is 5.10. The van der Waals surface area contributed by atoms with Gasteiger partial charge in [0.05, 0.1) is 11.0 Å². The van der Waals surface area contributed by atoms with Crippen LogP contribution < -0.4 is 0 Å². The second-order valence-electron chi connectivity index (χ2n) is 3.91. The molecule has 0 fully saturated rings. The molecule has 0 unspecified atom stereocenters. The van der Waals surface area contributed by atoms with Gasteiger partial charge in [-0.05, 0) is 31.5 Å². The fourth-order valence-corrected chi connectivity index (χ4v) is 2.11. The van der Waals surface area contributed by atoms with E-state index in [1.807, 2.05) is 13.1 Å². The third kappa shape index (κ3) is 1.08. The molecule has 15 heavy (non-hydrogen) atoms. The van der Waals surface area contributed by atoms with E-state index >= 15 is 0 Å². The normalized spacial score (nSPS) is 11.3. The Balaban J connectivity index is 2.66. The van der Waals surface area contributed by atoms with Crippen LogP contribution in [-0.4, -0.2) is 9.38 Å². The number of hydrogen-bond donors (Lipinski definition) is 0. The van der Waals surface area contributed by atoms with Crippen molar-refractivity contribution in [3.8, 4) is 0 Å². The maximum absolute atomic E-state index is 4.39. The molecule has 0 aliphatic carbocycles. The molecule has 74 valence electrons. The minimum absolute atomic E-state index is 1.04. The summed E-state index contributed by atoms with van der Waals surface area (Å²) in [5.41, 5.74) is 3.71. The predicted molar refractivity (Wildman–Crippen MR) is 62.2 cm³/mol. The van der Waals surface area contributed by atoms with Gasteiger partial charge in [0.15, 0.2) is 0 Å². The Morgan fingerprint density at radius 3 is 2.73 bits per heavy atom. The molecule has 3 rings (SSSR count). The first-order chi connectivity index (χ1) is 7.27. The van der Waals surface area contributed by atoms with Gasteiger partial charge in [-0.25, -0.2) is 4.98 Å². The molecule has 0 bridgehead atoms. The number of hydrogen-bond acceptors (Lipinski definition) is 1. The molecule has 0 N–H and O–H groups in total. The summed E-state index contributed by atoms with van der Waals surface area (Å²) in [6, 6.07) is 10.6. The number of nitrogens with zero attached hydrogens (tertiary/aromatic N) is 2. The molecule has 0 saturated carbocycles. The monoisotopic (exact) mass is 196 g/mol. The molecular weight excluding hydrogens is 184 g/mol. The van der Waals surface area contributed by atoms with Gasteiger partial charge in [-0.1, -0.05) is 18.2 Å². The van der Waals surface area contributed by atoms with Crippen molar-refractivity contribution in [2.24, 2.45) is 0 Å². The van der Waals surface area contributed by atoms with E-state index in [9.17, 15) is 0 Å². The van der Waals surface area contributed by atoms with E-state index in [0.29, 0.717) is 0 Å². The second-order valence-corrected chi connectivity index (χ2v) is 3.91. The van der Waals surface area contributed by atoms with E-state index < -0.39 is 0 Å². The fourth-order valence-electron chi connectivity index (χ4n) is 2.11. The molecular formula is C13H12N2. The lowest BCUT2D eigenvalue weighted by Crippen LogP contribution is -1.95. The lowest BCUT2D eigenvalue weighted by Gasteiger charge is -2.03. The van der Waals surface area contributed by atoms with E-state index in [-0.39, 0.29) is 0 Å². The first-order valence-corrected chi connectivity index (χ1v) is 5.10. The summed E-state index contributed by atoms with van der Waals surface area (Å²) in [6.45, 7) is 4.14. The molecule has 0 amide bonds. The highest BCUT2D eigenvalue weighted by molar-refractivity contribution is 5.88. The molecule has 2 heteroatoms. The number of aromatic nitrogens is 2. The Kier molecular flexibility index (Phi) is 1.60. The van der Waals surface area contributed by atoms with Gasteiger partial charge in [0.25, 0.3) is 0 Å². The molecule has 2 nitrogen and oxygen atoms in total. The van der Waals surface area contributed by atoms with Crippen molar-refractivity contribution in [3.63, 3.8) is 0 Å². The van der Waals surface area contributed by atoms with Gasteiger partial charge in [0, 0.05) is 11.6 Å². The summed E-state index contributed by atoms with van der Waals surface area (Å²) >= 11 is 0. The van der Waals surface area contributed by atoms with E-state index in [1.54, 1.807) is 0 Å². The summed E-state index contributed by atoms with van der Waals surface area (Å²) in [5.74, 6) is 1.04. The Bertz CT molecular complexity index is 650. The van der Waals surface area contributed by atoms with Gasteiger partial charge >= 0.3 is 0 Å². The molecule has 0 saturated heterocycles. The fraction of sp³-hybridized carbons (Fsp3) is 0.154. The van der Waals surface area contributed by atoms with E-state index in [1.165, 1.54) is 22.0 Å². The molecule has 3 aromatic rings. The zero-order valence-electron chi connectivity index (χ0n) is 8.86. The van der Waals surface area contributed by atoms with Gasteiger partial charge in [-0.15, -0.1) is 0 Å². The average molecular weight is 196 g/mol. The Hall–Kier alpha value is -1.83. The smallest absolute Gasteiger partial charge is 0.110 e. The van der Waals surface area contributed by atoms with Crippen LogP contribution in [0.2, 0.25) is 0 Å². The van der Waals surface area contributed by atoms with Crippen molar-refractivity contribution in [2.75, 3.05) is 0 Å². The lowest BCUT2D eigenvalue weighted by molar-refractivity contribution is 1.00. The molecule has 0 aliphatic heterocycles. The van der Waals surface area contributed by atoms with Crippen LogP contribution in [0.5, 0.6) is 0 Å². The van der Waals surface area contributed by atoms with Crippen molar-refractivity contribution in [3.05, 3.63) is 47.9 Å².